The summed E-state index contributed by atoms with van der Waals surface area (Å²) in [5.74, 6) is 1.94. The van der Waals surface area contributed by atoms with Crippen molar-refractivity contribution in [3.05, 3.63) is 156 Å². The van der Waals surface area contributed by atoms with Crippen molar-refractivity contribution in [1.82, 2.24) is 5.32 Å². The van der Waals surface area contributed by atoms with Gasteiger partial charge in [0.05, 0.1) is 7.11 Å². The standard InChI is InChI=1S/C37H33NO6/c1-41-37(40)35(24-27-12-18-31(19-13-27)42-25-28-8-4-2-5-9-28)38-36(39)30-16-22-32(23-17-30)43-26-29-14-20-34(21-15-29)44-33-10-6-3-7-11-33/h2-23,35H,24-26H2,1H3,(H,38,39). The number of methoxy groups -OCH3 is 1. The minimum absolute atomic E-state index is 0.272. The zero-order valence-corrected chi connectivity index (χ0v) is 24.3. The number of carbonyl (C=O) groups excluding carboxylic acids is 2. The summed E-state index contributed by atoms with van der Waals surface area (Å²) >= 11 is 0. The molecule has 0 aliphatic rings. The van der Waals surface area contributed by atoms with Crippen molar-refractivity contribution in [1.29, 1.82) is 0 Å². The Kier molecular flexibility index (Phi) is 10.2. The summed E-state index contributed by atoms with van der Waals surface area (Å²) in [5, 5.41) is 2.80. The maximum absolute atomic E-state index is 13.0. The third-order valence-electron chi connectivity index (χ3n) is 6.83. The van der Waals surface area contributed by atoms with Crippen molar-refractivity contribution in [3.63, 3.8) is 0 Å². The van der Waals surface area contributed by atoms with Crippen LogP contribution < -0.4 is 19.5 Å². The molecule has 7 heteroatoms. The molecule has 0 saturated carbocycles. The van der Waals surface area contributed by atoms with Gasteiger partial charge in [0, 0.05) is 12.0 Å². The predicted molar refractivity (Wildman–Crippen MR) is 168 cm³/mol. The van der Waals surface area contributed by atoms with Crippen molar-refractivity contribution >= 4 is 11.9 Å². The Bertz CT molecular complexity index is 1620. The van der Waals surface area contributed by atoms with Crippen molar-refractivity contribution in [2.45, 2.75) is 25.7 Å². The number of amides is 1. The van der Waals surface area contributed by atoms with Crippen LogP contribution >= 0.6 is 0 Å². The third-order valence-corrected chi connectivity index (χ3v) is 6.83. The summed E-state index contributed by atoms with van der Waals surface area (Å²) in [6.07, 6.45) is 0.272. The first-order chi connectivity index (χ1) is 21.6. The van der Waals surface area contributed by atoms with Gasteiger partial charge in [-0.1, -0.05) is 72.8 Å². The molecule has 1 unspecified atom stereocenters. The lowest BCUT2D eigenvalue weighted by molar-refractivity contribution is -0.142. The molecule has 0 bridgehead atoms. The topological polar surface area (TPSA) is 83.1 Å². The van der Waals surface area contributed by atoms with Crippen LogP contribution in [0.1, 0.15) is 27.0 Å². The molecule has 0 fully saturated rings. The molecule has 0 saturated heterocycles. The number of carbonyl (C=O) groups is 2. The molecule has 0 heterocycles. The fraction of sp³-hybridized carbons (Fsp3) is 0.135. The van der Waals surface area contributed by atoms with Crippen LogP contribution in [0.25, 0.3) is 0 Å². The Morgan fingerprint density at radius 3 is 1.64 bits per heavy atom. The molecule has 222 valence electrons. The number of hydrogen-bond acceptors (Lipinski definition) is 6. The van der Waals surface area contributed by atoms with Crippen LogP contribution in [-0.4, -0.2) is 25.0 Å². The minimum Gasteiger partial charge on any atom is -0.489 e. The Balaban J connectivity index is 1.12. The normalized spacial score (nSPS) is 11.2. The molecule has 0 radical (unpaired) electrons. The first-order valence-electron chi connectivity index (χ1n) is 14.2. The van der Waals surface area contributed by atoms with E-state index < -0.39 is 12.0 Å². The molecule has 0 aliphatic carbocycles. The summed E-state index contributed by atoms with van der Waals surface area (Å²) < 4.78 is 22.5. The highest BCUT2D eigenvalue weighted by Crippen LogP contribution is 2.22. The van der Waals surface area contributed by atoms with E-state index in [1.165, 1.54) is 7.11 Å². The Hall–Kier alpha value is -5.56. The lowest BCUT2D eigenvalue weighted by Gasteiger charge is -2.17. The van der Waals surface area contributed by atoms with Gasteiger partial charge in [-0.05, 0) is 77.4 Å². The van der Waals surface area contributed by atoms with Crippen LogP contribution in [0.15, 0.2) is 133 Å². The van der Waals surface area contributed by atoms with Crippen LogP contribution in [0.3, 0.4) is 0 Å². The molecular weight excluding hydrogens is 554 g/mol. The Labute approximate surface area is 257 Å². The van der Waals surface area contributed by atoms with Crippen LogP contribution in [-0.2, 0) is 29.2 Å². The minimum atomic E-state index is -0.853. The smallest absolute Gasteiger partial charge is 0.328 e. The second kappa shape index (κ2) is 15.1. The van der Waals surface area contributed by atoms with Gasteiger partial charge in [0.15, 0.2) is 0 Å². The third kappa shape index (κ3) is 8.72. The number of rotatable bonds is 13. The van der Waals surface area contributed by atoms with E-state index in [0.717, 1.165) is 28.2 Å². The number of hydrogen-bond donors (Lipinski definition) is 1. The van der Waals surface area contributed by atoms with Gasteiger partial charge in [-0.2, -0.15) is 0 Å². The molecule has 44 heavy (non-hydrogen) atoms. The average Bonchev–Trinajstić information content (AvgIpc) is 3.08. The lowest BCUT2D eigenvalue weighted by Crippen LogP contribution is -2.43. The molecule has 5 rings (SSSR count). The second-order valence-corrected chi connectivity index (χ2v) is 10.0. The van der Waals surface area contributed by atoms with Crippen LogP contribution in [0.5, 0.6) is 23.0 Å². The van der Waals surface area contributed by atoms with Gasteiger partial charge in [-0.25, -0.2) is 4.79 Å². The summed E-state index contributed by atoms with van der Waals surface area (Å²) in [7, 11) is 1.30. The van der Waals surface area contributed by atoms with E-state index in [0.29, 0.717) is 30.3 Å². The molecule has 5 aromatic carbocycles. The maximum Gasteiger partial charge on any atom is 0.328 e. The van der Waals surface area contributed by atoms with E-state index in [4.69, 9.17) is 18.9 Å². The van der Waals surface area contributed by atoms with Crippen molar-refractivity contribution < 1.29 is 28.5 Å². The van der Waals surface area contributed by atoms with Gasteiger partial charge in [-0.3, -0.25) is 4.79 Å². The number of esters is 1. The molecule has 0 aliphatic heterocycles. The van der Waals surface area contributed by atoms with Gasteiger partial charge in [0.1, 0.15) is 42.3 Å². The van der Waals surface area contributed by atoms with Crippen molar-refractivity contribution in [3.8, 4) is 23.0 Å². The Morgan fingerprint density at radius 1 is 0.568 bits per heavy atom. The lowest BCUT2D eigenvalue weighted by atomic mass is 10.0. The first kappa shape index (κ1) is 29.9. The monoisotopic (exact) mass is 587 g/mol. The fourth-order valence-corrected chi connectivity index (χ4v) is 4.42. The summed E-state index contributed by atoms with van der Waals surface area (Å²) in [6.45, 7) is 0.820. The zero-order valence-electron chi connectivity index (χ0n) is 24.3. The van der Waals surface area contributed by atoms with E-state index in [-0.39, 0.29) is 12.3 Å². The first-order valence-corrected chi connectivity index (χ1v) is 14.2. The summed E-state index contributed by atoms with van der Waals surface area (Å²) in [6, 6.07) is 40.5. The molecule has 7 nitrogen and oxygen atoms in total. The highest BCUT2D eigenvalue weighted by Gasteiger charge is 2.23. The predicted octanol–water partition coefficient (Wildman–Crippen LogP) is 7.15. The molecule has 5 aromatic rings. The molecule has 0 aromatic heterocycles. The zero-order chi connectivity index (χ0) is 30.6. The molecule has 0 spiro atoms. The number of ether oxygens (including phenoxy) is 4. The largest absolute Gasteiger partial charge is 0.489 e. The van der Waals surface area contributed by atoms with Gasteiger partial charge in [-0.15, -0.1) is 0 Å². The van der Waals surface area contributed by atoms with E-state index >= 15 is 0 Å². The Morgan fingerprint density at radius 2 is 1.05 bits per heavy atom. The SMILES string of the molecule is COC(=O)C(Cc1ccc(OCc2ccccc2)cc1)NC(=O)c1ccc(OCc2ccc(Oc3ccccc3)cc2)cc1. The van der Waals surface area contributed by atoms with Crippen molar-refractivity contribution in [2.75, 3.05) is 7.11 Å². The van der Waals surface area contributed by atoms with Crippen LogP contribution in [0.2, 0.25) is 0 Å². The summed E-state index contributed by atoms with van der Waals surface area (Å²) in [5.41, 5.74) is 3.31. The molecule has 1 amide bonds. The van der Waals surface area contributed by atoms with Gasteiger partial charge in [0.25, 0.3) is 5.91 Å². The van der Waals surface area contributed by atoms with Crippen LogP contribution in [0, 0.1) is 0 Å². The fourth-order valence-electron chi connectivity index (χ4n) is 4.42. The number of benzene rings is 5. The molecular formula is C37H33NO6. The van der Waals surface area contributed by atoms with Crippen molar-refractivity contribution in [2.24, 2.45) is 0 Å². The van der Waals surface area contributed by atoms with E-state index in [9.17, 15) is 9.59 Å². The summed E-state index contributed by atoms with van der Waals surface area (Å²) in [4.78, 5) is 25.5. The number of nitrogens with one attached hydrogen (secondary N) is 1. The van der Waals surface area contributed by atoms with Crippen LogP contribution in [0.4, 0.5) is 0 Å². The van der Waals surface area contributed by atoms with E-state index in [1.54, 1.807) is 24.3 Å². The van der Waals surface area contributed by atoms with Gasteiger partial charge >= 0.3 is 5.97 Å². The van der Waals surface area contributed by atoms with E-state index in [2.05, 4.69) is 5.32 Å². The van der Waals surface area contributed by atoms with E-state index in [1.807, 2.05) is 109 Å². The second-order valence-electron chi connectivity index (χ2n) is 10.0. The van der Waals surface area contributed by atoms with Gasteiger partial charge in [0.2, 0.25) is 0 Å². The highest BCUT2D eigenvalue weighted by atomic mass is 16.5. The highest BCUT2D eigenvalue weighted by molar-refractivity contribution is 5.97. The van der Waals surface area contributed by atoms with Gasteiger partial charge < -0.3 is 24.3 Å². The maximum atomic E-state index is 13.0. The quantitative estimate of drug-likeness (QED) is 0.147. The average molecular weight is 588 g/mol. The number of para-hydroxylation sites is 1. The molecule has 1 N–H and O–H groups in total. The molecule has 1 atom stereocenters.